The van der Waals surface area contributed by atoms with Gasteiger partial charge in [-0.05, 0) is 31.2 Å². The second-order valence-corrected chi connectivity index (χ2v) is 4.11. The molecule has 0 aliphatic carbocycles. The highest BCUT2D eigenvalue weighted by molar-refractivity contribution is 5.92. The molecule has 20 heavy (non-hydrogen) atoms. The average molecular weight is 300 g/mol. The number of amides is 1. The molecule has 0 saturated heterocycles. The molecule has 0 bridgehead atoms. The number of rotatable bonds is 4. The molecule has 0 aliphatic heterocycles. The van der Waals surface area contributed by atoms with Gasteiger partial charge in [0.05, 0.1) is 11.9 Å². The summed E-state index contributed by atoms with van der Waals surface area (Å²) in [6.45, 7) is 2.14. The quantitative estimate of drug-likeness (QED) is 0.878. The van der Waals surface area contributed by atoms with Gasteiger partial charge in [-0.2, -0.15) is 9.90 Å². The first-order chi connectivity index (χ1) is 9.10. The molecular formula is C12H15ClFN5O. The van der Waals surface area contributed by atoms with E-state index < -0.39 is 0 Å². The Bertz CT molecular complexity index is 571. The number of nitrogens with two attached hydrogens (primary N) is 1. The maximum absolute atomic E-state index is 12.8. The molecule has 1 atom stereocenters. The van der Waals surface area contributed by atoms with Crippen LogP contribution in [0.4, 0.5) is 4.39 Å². The monoisotopic (exact) mass is 299 g/mol. The Balaban J connectivity index is 0.00000200. The summed E-state index contributed by atoms with van der Waals surface area (Å²) in [6.07, 6.45) is 1.35. The SMILES string of the molecule is C[C@@H](CN)NC(=O)c1cnn(-c2ccc(F)cc2)n1.Cl. The number of nitrogens with one attached hydrogen (secondary N) is 1. The van der Waals surface area contributed by atoms with Crippen molar-refractivity contribution in [2.75, 3.05) is 6.54 Å². The third kappa shape index (κ3) is 3.75. The van der Waals surface area contributed by atoms with Gasteiger partial charge in [0.1, 0.15) is 5.82 Å². The van der Waals surface area contributed by atoms with E-state index in [4.69, 9.17) is 5.73 Å². The molecular weight excluding hydrogens is 285 g/mol. The van der Waals surface area contributed by atoms with Gasteiger partial charge in [-0.15, -0.1) is 17.5 Å². The Kier molecular flexibility index (Phi) is 5.60. The smallest absolute Gasteiger partial charge is 0.273 e. The maximum atomic E-state index is 12.8. The number of carbonyl (C=O) groups is 1. The minimum Gasteiger partial charge on any atom is -0.347 e. The Morgan fingerprint density at radius 1 is 1.45 bits per heavy atom. The van der Waals surface area contributed by atoms with Crippen LogP contribution in [0.25, 0.3) is 5.69 Å². The number of halogens is 2. The predicted octanol–water partition coefficient (Wildman–Crippen LogP) is 0.905. The van der Waals surface area contributed by atoms with Crippen molar-refractivity contribution in [3.63, 3.8) is 0 Å². The van der Waals surface area contributed by atoms with Crippen LogP contribution in [-0.2, 0) is 0 Å². The van der Waals surface area contributed by atoms with Crippen LogP contribution >= 0.6 is 12.4 Å². The largest absolute Gasteiger partial charge is 0.347 e. The molecule has 6 nitrogen and oxygen atoms in total. The molecule has 1 heterocycles. The van der Waals surface area contributed by atoms with Crippen LogP contribution in [0, 0.1) is 5.82 Å². The van der Waals surface area contributed by atoms with Gasteiger partial charge >= 0.3 is 0 Å². The van der Waals surface area contributed by atoms with E-state index in [0.717, 1.165) is 0 Å². The van der Waals surface area contributed by atoms with E-state index >= 15 is 0 Å². The summed E-state index contributed by atoms with van der Waals surface area (Å²) in [5.74, 6) is -0.683. The van der Waals surface area contributed by atoms with Gasteiger partial charge in [-0.3, -0.25) is 4.79 Å². The van der Waals surface area contributed by atoms with E-state index in [-0.39, 0.29) is 35.9 Å². The van der Waals surface area contributed by atoms with Crippen LogP contribution in [0.15, 0.2) is 30.5 Å². The van der Waals surface area contributed by atoms with Crippen LogP contribution in [0.3, 0.4) is 0 Å². The van der Waals surface area contributed by atoms with Gasteiger partial charge in [0.25, 0.3) is 5.91 Å². The molecule has 1 aromatic carbocycles. The van der Waals surface area contributed by atoms with E-state index in [1.165, 1.54) is 35.3 Å². The summed E-state index contributed by atoms with van der Waals surface area (Å²) in [5, 5.41) is 10.7. The number of aromatic nitrogens is 3. The van der Waals surface area contributed by atoms with Crippen molar-refractivity contribution >= 4 is 18.3 Å². The molecule has 0 aliphatic rings. The molecule has 108 valence electrons. The Labute approximate surface area is 121 Å². The van der Waals surface area contributed by atoms with E-state index in [9.17, 15) is 9.18 Å². The second-order valence-electron chi connectivity index (χ2n) is 4.11. The van der Waals surface area contributed by atoms with Crippen molar-refractivity contribution in [2.45, 2.75) is 13.0 Å². The predicted molar refractivity (Wildman–Crippen MR) is 74.5 cm³/mol. The molecule has 2 rings (SSSR count). The summed E-state index contributed by atoms with van der Waals surface area (Å²) < 4.78 is 12.8. The zero-order valence-corrected chi connectivity index (χ0v) is 11.6. The Hall–Kier alpha value is -1.99. The number of hydrogen-bond acceptors (Lipinski definition) is 4. The van der Waals surface area contributed by atoms with Gasteiger partial charge in [-0.1, -0.05) is 0 Å². The molecule has 0 unspecified atom stereocenters. The molecule has 1 aromatic heterocycles. The summed E-state index contributed by atoms with van der Waals surface area (Å²) in [4.78, 5) is 13.0. The number of benzene rings is 1. The molecule has 2 aromatic rings. The second kappa shape index (κ2) is 6.97. The maximum Gasteiger partial charge on any atom is 0.273 e. The third-order valence-electron chi connectivity index (χ3n) is 2.51. The lowest BCUT2D eigenvalue weighted by Gasteiger charge is -2.08. The van der Waals surface area contributed by atoms with Crippen molar-refractivity contribution < 1.29 is 9.18 Å². The van der Waals surface area contributed by atoms with Crippen LogP contribution in [0.2, 0.25) is 0 Å². The van der Waals surface area contributed by atoms with Crippen molar-refractivity contribution in [2.24, 2.45) is 5.73 Å². The molecule has 0 spiro atoms. The average Bonchev–Trinajstić information content (AvgIpc) is 2.89. The standard InChI is InChI=1S/C12H14FN5O.ClH/c1-8(6-14)16-12(19)11-7-15-18(17-11)10-4-2-9(13)3-5-10;/h2-5,7-8H,6,14H2,1H3,(H,16,19);1H/t8-;/m0./s1. The fraction of sp³-hybridized carbons (Fsp3) is 0.250. The Morgan fingerprint density at radius 3 is 2.70 bits per heavy atom. The molecule has 1 amide bonds. The molecule has 8 heteroatoms. The molecule has 0 fully saturated rings. The number of carbonyl (C=O) groups excluding carboxylic acids is 1. The zero-order chi connectivity index (χ0) is 13.8. The number of hydrogen-bond donors (Lipinski definition) is 2. The van der Waals surface area contributed by atoms with Gasteiger partial charge in [0.2, 0.25) is 0 Å². The first kappa shape index (κ1) is 16.1. The van der Waals surface area contributed by atoms with Crippen LogP contribution in [0.5, 0.6) is 0 Å². The lowest BCUT2D eigenvalue weighted by Crippen LogP contribution is -2.38. The molecule has 0 saturated carbocycles. The summed E-state index contributed by atoms with van der Waals surface area (Å²) in [6, 6.07) is 5.52. The van der Waals surface area contributed by atoms with Crippen LogP contribution in [0.1, 0.15) is 17.4 Å². The van der Waals surface area contributed by atoms with Crippen molar-refractivity contribution in [1.29, 1.82) is 0 Å². The van der Waals surface area contributed by atoms with Crippen molar-refractivity contribution in [3.8, 4) is 5.69 Å². The first-order valence-corrected chi connectivity index (χ1v) is 5.79. The van der Waals surface area contributed by atoms with E-state index in [1.54, 1.807) is 6.92 Å². The van der Waals surface area contributed by atoms with Crippen molar-refractivity contribution in [1.82, 2.24) is 20.3 Å². The topological polar surface area (TPSA) is 85.8 Å². The minimum absolute atomic E-state index is 0. The van der Waals surface area contributed by atoms with E-state index in [0.29, 0.717) is 12.2 Å². The molecule has 3 N–H and O–H groups in total. The first-order valence-electron chi connectivity index (χ1n) is 5.79. The fourth-order valence-electron chi connectivity index (χ4n) is 1.42. The minimum atomic E-state index is -0.342. The third-order valence-corrected chi connectivity index (χ3v) is 2.51. The highest BCUT2D eigenvalue weighted by Gasteiger charge is 2.13. The van der Waals surface area contributed by atoms with Crippen LogP contribution < -0.4 is 11.1 Å². The van der Waals surface area contributed by atoms with Crippen molar-refractivity contribution in [3.05, 3.63) is 42.0 Å². The zero-order valence-electron chi connectivity index (χ0n) is 10.8. The number of nitrogens with zero attached hydrogens (tertiary/aromatic N) is 3. The summed E-state index contributed by atoms with van der Waals surface area (Å²) >= 11 is 0. The van der Waals surface area contributed by atoms with Gasteiger partial charge in [0, 0.05) is 12.6 Å². The van der Waals surface area contributed by atoms with Crippen LogP contribution in [-0.4, -0.2) is 33.5 Å². The van der Waals surface area contributed by atoms with Gasteiger partial charge < -0.3 is 11.1 Å². The molecule has 0 radical (unpaired) electrons. The summed E-state index contributed by atoms with van der Waals surface area (Å²) in [7, 11) is 0. The highest BCUT2D eigenvalue weighted by Crippen LogP contribution is 2.07. The van der Waals surface area contributed by atoms with Gasteiger partial charge in [0.15, 0.2) is 5.69 Å². The normalized spacial score (nSPS) is 11.6. The Morgan fingerprint density at radius 2 is 2.10 bits per heavy atom. The van der Waals surface area contributed by atoms with E-state index in [2.05, 4.69) is 15.5 Å². The van der Waals surface area contributed by atoms with Gasteiger partial charge in [-0.25, -0.2) is 4.39 Å². The lowest BCUT2D eigenvalue weighted by atomic mass is 10.3. The lowest BCUT2D eigenvalue weighted by molar-refractivity contribution is 0.0936. The highest BCUT2D eigenvalue weighted by atomic mass is 35.5. The summed E-state index contributed by atoms with van der Waals surface area (Å²) in [5.41, 5.74) is 6.18. The fourth-order valence-corrected chi connectivity index (χ4v) is 1.42. The van der Waals surface area contributed by atoms with E-state index in [1.807, 2.05) is 0 Å².